The van der Waals surface area contributed by atoms with Gasteiger partial charge in [0.2, 0.25) is 1.43 Å². The molecule has 1 aliphatic rings. The van der Waals surface area contributed by atoms with Crippen LogP contribution in [0.25, 0.3) is 0 Å². The van der Waals surface area contributed by atoms with Crippen LogP contribution in [0.3, 0.4) is 0 Å². The molecule has 0 saturated carbocycles. The Balaban J connectivity index is 2.45. The molecule has 0 bridgehead atoms. The number of nitrogens with one attached hydrogen (secondary N) is 1. The van der Waals surface area contributed by atoms with Crippen molar-refractivity contribution in [3.8, 4) is 0 Å². The molecule has 2 amide bonds. The van der Waals surface area contributed by atoms with Gasteiger partial charge in [-0.1, -0.05) is 0 Å². The average molecular weight is 206 g/mol. The number of carbonyl (C=O) groups excluding carboxylic acids is 2. The van der Waals surface area contributed by atoms with E-state index in [2.05, 4.69) is 10.4 Å². The van der Waals surface area contributed by atoms with E-state index in [4.69, 9.17) is 11.9 Å². The van der Waals surface area contributed by atoms with Crippen LogP contribution in [-0.2, 0) is 14.3 Å². The molecule has 1 fully saturated rings. The quantitative estimate of drug-likeness (QED) is 0.360. The van der Waals surface area contributed by atoms with Crippen LogP contribution in [0.1, 0.15) is 0 Å². The van der Waals surface area contributed by atoms with Crippen LogP contribution in [0.5, 0.6) is 0 Å². The number of ether oxygens (including phenoxy) is 1. The van der Waals surface area contributed by atoms with E-state index in [9.17, 15) is 14.7 Å². The monoisotopic (exact) mass is 206 g/mol. The van der Waals surface area contributed by atoms with Crippen LogP contribution >= 0.6 is 0 Å². The molecule has 1 saturated heterocycles. The Bertz CT molecular complexity index is 262. The molecule has 1 unspecified atom stereocenters. The number of primary amides is 1. The van der Waals surface area contributed by atoms with Crippen molar-refractivity contribution in [2.45, 2.75) is 18.2 Å². The third-order valence-electron chi connectivity index (χ3n) is 1.99. The lowest BCUT2D eigenvalue weighted by atomic mass is 10.1. The molecule has 80 valence electrons. The smallest absolute Gasteiger partial charge is 0.309 e. The van der Waals surface area contributed by atoms with Gasteiger partial charge in [0.15, 0.2) is 0 Å². The summed E-state index contributed by atoms with van der Waals surface area (Å²) in [5.41, 5.74) is 4.72. The molecular formula is C7H12N2O5. The van der Waals surface area contributed by atoms with Crippen molar-refractivity contribution in [1.82, 2.24) is 5.32 Å². The van der Waals surface area contributed by atoms with E-state index >= 15 is 0 Å². The topological polar surface area (TPSA) is 122 Å². The second-order valence-electron chi connectivity index (χ2n) is 2.97. The number of hydrogen-bond donors (Lipinski definition) is 4. The minimum Gasteiger partial charge on any atom is -0.394 e. The van der Waals surface area contributed by atoms with Crippen molar-refractivity contribution in [2.24, 2.45) is 5.73 Å². The zero-order valence-corrected chi connectivity index (χ0v) is 7.30. The molecule has 0 aromatic heterocycles. The van der Waals surface area contributed by atoms with Gasteiger partial charge in [-0.2, -0.15) is 0 Å². The molecule has 0 spiro atoms. The maximum atomic E-state index is 10.9. The van der Waals surface area contributed by atoms with Gasteiger partial charge in [-0.05, 0) is 0 Å². The summed E-state index contributed by atoms with van der Waals surface area (Å²) in [6.07, 6.45) is -1.70. The second-order valence-corrected chi connectivity index (χ2v) is 2.97. The van der Waals surface area contributed by atoms with Crippen molar-refractivity contribution in [2.75, 3.05) is 13.2 Å². The lowest BCUT2D eigenvalue weighted by Crippen LogP contribution is -2.48. The van der Waals surface area contributed by atoms with Gasteiger partial charge in [-0.3, -0.25) is 9.59 Å². The Hall–Kier alpha value is -1.18. The van der Waals surface area contributed by atoms with E-state index in [0.29, 0.717) is 0 Å². The van der Waals surface area contributed by atoms with E-state index < -0.39 is 30.1 Å². The highest BCUT2D eigenvalue weighted by molar-refractivity contribution is 6.34. The first kappa shape index (κ1) is 9.38. The summed E-state index contributed by atoms with van der Waals surface area (Å²) in [5.74, 6) is -2.10. The number of aliphatic hydroxyl groups is 2. The molecule has 7 heteroatoms. The molecule has 1 aliphatic heterocycles. The lowest BCUT2D eigenvalue weighted by Gasteiger charge is -2.15. The number of carbonyl (C=O) groups is 2. The van der Waals surface area contributed by atoms with Gasteiger partial charge < -0.3 is 26.0 Å². The Morgan fingerprint density at radius 2 is 2.43 bits per heavy atom. The maximum Gasteiger partial charge on any atom is 0.309 e. The van der Waals surface area contributed by atoms with E-state index in [0.717, 1.165) is 0 Å². The van der Waals surface area contributed by atoms with Gasteiger partial charge in [0.25, 0.3) is 0 Å². The molecule has 0 aliphatic carbocycles. The first-order valence-electron chi connectivity index (χ1n) is 4.45. The predicted octanol–water partition coefficient (Wildman–Crippen LogP) is -3.29. The van der Waals surface area contributed by atoms with Crippen molar-refractivity contribution in [3.05, 3.63) is 0 Å². The van der Waals surface area contributed by atoms with Gasteiger partial charge in [0.05, 0.1) is 19.3 Å². The second kappa shape index (κ2) is 4.36. The highest BCUT2D eigenvalue weighted by Gasteiger charge is 2.36. The van der Waals surface area contributed by atoms with Gasteiger partial charge in [-0.15, -0.1) is 0 Å². The SMILES string of the molecule is [3H]OC[C@H]1OCC(NC(=O)C(N)=O)[C@H]1O. The summed E-state index contributed by atoms with van der Waals surface area (Å²) in [6, 6.07) is -0.704. The van der Waals surface area contributed by atoms with Crippen LogP contribution in [0.2, 0.25) is 0 Å². The van der Waals surface area contributed by atoms with E-state index in [1.54, 1.807) is 0 Å². The van der Waals surface area contributed by atoms with Crippen molar-refractivity contribution >= 4 is 11.8 Å². The fourth-order valence-corrected chi connectivity index (χ4v) is 1.20. The first-order valence-corrected chi connectivity index (χ1v) is 4.04. The predicted molar refractivity (Wildman–Crippen MR) is 44.0 cm³/mol. The Kier molecular flexibility index (Phi) is 2.92. The summed E-state index contributed by atoms with van der Waals surface area (Å²) >= 11 is 0. The fraction of sp³-hybridized carbons (Fsp3) is 0.714. The number of rotatable bonds is 3. The van der Waals surface area contributed by atoms with Gasteiger partial charge in [0.1, 0.15) is 12.2 Å². The number of hydrogen-bond acceptors (Lipinski definition) is 5. The van der Waals surface area contributed by atoms with Crippen LogP contribution < -0.4 is 11.1 Å². The molecular weight excluding hydrogens is 192 g/mol. The molecule has 5 N–H and O–H groups in total. The van der Waals surface area contributed by atoms with E-state index in [-0.39, 0.29) is 13.2 Å². The van der Waals surface area contributed by atoms with Gasteiger partial charge in [-0.25, -0.2) is 0 Å². The van der Waals surface area contributed by atoms with Crippen molar-refractivity contribution in [1.29, 1.82) is 1.43 Å². The fourth-order valence-electron chi connectivity index (χ4n) is 1.20. The molecule has 0 aromatic carbocycles. The minimum absolute atomic E-state index is 0.0498. The van der Waals surface area contributed by atoms with Crippen molar-refractivity contribution < 1.29 is 24.5 Å². The molecule has 1 rings (SSSR count). The summed E-state index contributed by atoms with van der Waals surface area (Å²) in [5, 5.41) is 15.8. The highest BCUT2D eigenvalue weighted by Crippen LogP contribution is 2.13. The zero-order valence-electron chi connectivity index (χ0n) is 8.30. The van der Waals surface area contributed by atoms with Gasteiger partial charge in [0, 0.05) is 0 Å². The first-order chi connectivity index (χ1) is 7.06. The summed E-state index contributed by atoms with van der Waals surface area (Å²) < 4.78 is 11.5. The largest absolute Gasteiger partial charge is 0.394 e. The third-order valence-corrected chi connectivity index (χ3v) is 1.99. The summed E-state index contributed by atoms with van der Waals surface area (Å²) in [4.78, 5) is 21.3. The number of aliphatic hydroxyl groups excluding tert-OH is 2. The molecule has 14 heavy (non-hydrogen) atoms. The average Bonchev–Trinajstić information content (AvgIpc) is 2.50. The van der Waals surface area contributed by atoms with Crippen molar-refractivity contribution in [3.63, 3.8) is 0 Å². The van der Waals surface area contributed by atoms with Crippen LogP contribution in [-0.4, -0.2) is 54.9 Å². The molecule has 0 radical (unpaired) electrons. The Morgan fingerprint density at radius 3 is 3.00 bits per heavy atom. The molecule has 7 nitrogen and oxygen atoms in total. The van der Waals surface area contributed by atoms with Crippen LogP contribution in [0.4, 0.5) is 0 Å². The maximum absolute atomic E-state index is 10.9. The lowest BCUT2D eigenvalue weighted by molar-refractivity contribution is -0.138. The molecule has 1 heterocycles. The zero-order chi connectivity index (χ0) is 11.4. The third kappa shape index (κ3) is 2.19. The van der Waals surface area contributed by atoms with E-state index in [1.165, 1.54) is 0 Å². The molecule has 3 atom stereocenters. The van der Waals surface area contributed by atoms with Crippen LogP contribution in [0, 0.1) is 0 Å². The van der Waals surface area contributed by atoms with Crippen LogP contribution in [0.15, 0.2) is 0 Å². The van der Waals surface area contributed by atoms with Gasteiger partial charge >= 0.3 is 11.8 Å². The summed E-state index contributed by atoms with van der Waals surface area (Å²) in [7, 11) is 0. The number of nitrogens with two attached hydrogens (primary N) is 1. The standard InChI is InChI=1S/C7H12N2O5/c8-6(12)7(13)9-3-2-14-4(1-10)5(3)11/h3-5,10-11H,1-2H2,(H2,8,12)(H,9,13)/t3?,4-,5-/m1/s1/i10T. The van der Waals surface area contributed by atoms with E-state index in [1.807, 2.05) is 0 Å². The Labute approximate surface area is 81.3 Å². The summed E-state index contributed by atoms with van der Waals surface area (Å²) in [6.45, 7) is -0.0572. The highest BCUT2D eigenvalue weighted by atomic mass is 16.5. The number of amides is 2. The Morgan fingerprint density at radius 1 is 1.71 bits per heavy atom. The minimum atomic E-state index is -1.12. The normalized spacial score (nSPS) is 32.4. The molecule has 0 aromatic rings.